The maximum atomic E-state index is 13.3. The molecule has 0 spiro atoms. The van der Waals surface area contributed by atoms with Gasteiger partial charge in [-0.3, -0.25) is 4.79 Å². The third-order valence-corrected chi connectivity index (χ3v) is 5.32. The molecule has 0 aromatic heterocycles. The van der Waals surface area contributed by atoms with Crippen molar-refractivity contribution in [2.24, 2.45) is 5.92 Å². The Labute approximate surface area is 149 Å². The molecule has 1 saturated carbocycles. The van der Waals surface area contributed by atoms with E-state index in [4.69, 9.17) is 5.11 Å². The van der Waals surface area contributed by atoms with Crippen molar-refractivity contribution < 1.29 is 27.9 Å². The Morgan fingerprint density at radius 1 is 1.15 bits per heavy atom. The van der Waals surface area contributed by atoms with Crippen molar-refractivity contribution in [3.63, 3.8) is 0 Å². The first kappa shape index (κ1) is 18.5. The number of nitrogens with zero attached hydrogens (tertiary/aromatic N) is 1. The minimum Gasteiger partial charge on any atom is -0.481 e. The first-order valence-electron chi connectivity index (χ1n) is 8.71. The first-order chi connectivity index (χ1) is 12.3. The molecule has 2 fully saturated rings. The van der Waals surface area contributed by atoms with Crippen LogP contribution in [0, 0.1) is 5.92 Å². The van der Waals surface area contributed by atoms with Gasteiger partial charge in [0.05, 0.1) is 11.5 Å². The largest absolute Gasteiger partial charge is 0.481 e. The number of rotatable bonds is 3. The monoisotopic (exact) mass is 370 g/mol. The molecule has 0 bridgehead atoms. The molecule has 1 aromatic carbocycles. The van der Waals surface area contributed by atoms with Gasteiger partial charge in [-0.2, -0.15) is 13.2 Å². The zero-order valence-electron chi connectivity index (χ0n) is 14.1. The molecule has 3 unspecified atom stereocenters. The highest BCUT2D eigenvalue weighted by molar-refractivity contribution is 5.77. The Hall–Kier alpha value is -2.25. The van der Waals surface area contributed by atoms with Gasteiger partial charge in [0.25, 0.3) is 0 Å². The molecule has 26 heavy (non-hydrogen) atoms. The normalized spacial score (nSPS) is 26.1. The summed E-state index contributed by atoms with van der Waals surface area (Å²) in [5.74, 6) is -1.90. The van der Waals surface area contributed by atoms with Gasteiger partial charge in [0.2, 0.25) is 0 Å². The number of aliphatic carboxylic acids is 1. The number of hydrogen-bond acceptors (Lipinski definition) is 2. The molecule has 1 saturated heterocycles. The van der Waals surface area contributed by atoms with E-state index in [1.807, 2.05) is 0 Å². The smallest absolute Gasteiger partial charge is 0.416 e. The van der Waals surface area contributed by atoms with Crippen LogP contribution in [0.2, 0.25) is 0 Å². The van der Waals surface area contributed by atoms with Crippen LogP contribution in [-0.4, -0.2) is 41.1 Å². The van der Waals surface area contributed by atoms with E-state index >= 15 is 0 Å². The molecular weight excluding hydrogens is 349 g/mol. The highest BCUT2D eigenvalue weighted by Gasteiger charge is 2.39. The maximum Gasteiger partial charge on any atom is 0.416 e. The second-order valence-electron chi connectivity index (χ2n) is 6.95. The molecule has 3 rings (SSSR count). The van der Waals surface area contributed by atoms with Crippen LogP contribution in [0.15, 0.2) is 24.3 Å². The predicted octanol–water partition coefficient (Wildman–Crippen LogP) is 3.46. The number of alkyl halides is 3. The van der Waals surface area contributed by atoms with Crippen LogP contribution in [-0.2, 0) is 11.0 Å². The number of carbonyl (C=O) groups excluding carboxylic acids is 1. The lowest BCUT2D eigenvalue weighted by atomic mass is 9.90. The summed E-state index contributed by atoms with van der Waals surface area (Å²) >= 11 is 0. The van der Waals surface area contributed by atoms with Gasteiger partial charge in [-0.05, 0) is 30.9 Å². The van der Waals surface area contributed by atoms with E-state index in [1.165, 1.54) is 17.0 Å². The summed E-state index contributed by atoms with van der Waals surface area (Å²) in [6, 6.07) is 4.73. The summed E-state index contributed by atoms with van der Waals surface area (Å²) in [7, 11) is 0. The molecule has 1 aliphatic carbocycles. The van der Waals surface area contributed by atoms with Gasteiger partial charge in [-0.1, -0.05) is 24.6 Å². The zero-order valence-corrected chi connectivity index (χ0v) is 14.1. The van der Waals surface area contributed by atoms with E-state index in [9.17, 15) is 22.8 Å². The highest BCUT2D eigenvalue weighted by atomic mass is 19.4. The summed E-state index contributed by atoms with van der Waals surface area (Å²) in [6.45, 7) is 0.483. The number of carbonyl (C=O) groups is 2. The maximum absolute atomic E-state index is 13.3. The predicted molar refractivity (Wildman–Crippen MR) is 87.7 cm³/mol. The average molecular weight is 370 g/mol. The summed E-state index contributed by atoms with van der Waals surface area (Å²) in [6.07, 6.45) is -2.11. The van der Waals surface area contributed by atoms with E-state index in [0.29, 0.717) is 25.8 Å². The minimum atomic E-state index is -4.43. The summed E-state index contributed by atoms with van der Waals surface area (Å²) < 4.78 is 39.9. The third-order valence-electron chi connectivity index (χ3n) is 5.32. The number of urea groups is 1. The van der Waals surface area contributed by atoms with Crippen LogP contribution in [0.5, 0.6) is 0 Å². The van der Waals surface area contributed by atoms with Gasteiger partial charge in [-0.25, -0.2) is 4.79 Å². The van der Waals surface area contributed by atoms with Crippen molar-refractivity contribution in [1.82, 2.24) is 10.2 Å². The Morgan fingerprint density at radius 3 is 2.54 bits per heavy atom. The van der Waals surface area contributed by atoms with Crippen molar-refractivity contribution in [1.29, 1.82) is 0 Å². The quantitative estimate of drug-likeness (QED) is 0.856. The van der Waals surface area contributed by atoms with Crippen molar-refractivity contribution >= 4 is 12.0 Å². The van der Waals surface area contributed by atoms with Crippen LogP contribution in [0.3, 0.4) is 0 Å². The summed E-state index contributed by atoms with van der Waals surface area (Å²) in [5, 5.41) is 11.9. The number of likely N-dealkylation sites (tertiary alicyclic amines) is 1. The van der Waals surface area contributed by atoms with Crippen LogP contribution >= 0.6 is 0 Å². The van der Waals surface area contributed by atoms with Crippen LogP contribution < -0.4 is 5.32 Å². The van der Waals surface area contributed by atoms with Crippen molar-refractivity contribution in [3.05, 3.63) is 35.4 Å². The third kappa shape index (κ3) is 3.78. The zero-order chi connectivity index (χ0) is 18.9. The van der Waals surface area contributed by atoms with Gasteiger partial charge >= 0.3 is 18.2 Å². The number of carboxylic acid groups (broad SMARTS) is 1. The molecule has 2 aliphatic rings. The van der Waals surface area contributed by atoms with Crippen molar-refractivity contribution in [3.8, 4) is 0 Å². The minimum absolute atomic E-state index is 0.137. The van der Waals surface area contributed by atoms with E-state index in [-0.39, 0.29) is 18.2 Å². The fourth-order valence-electron chi connectivity index (χ4n) is 3.98. The lowest BCUT2D eigenvalue weighted by Crippen LogP contribution is -2.45. The average Bonchev–Trinajstić information content (AvgIpc) is 3.23. The van der Waals surface area contributed by atoms with E-state index < -0.39 is 35.6 Å². The molecule has 1 aliphatic heterocycles. The van der Waals surface area contributed by atoms with Crippen LogP contribution in [0.4, 0.5) is 18.0 Å². The number of amides is 2. The molecule has 3 atom stereocenters. The fraction of sp³-hybridized carbons (Fsp3) is 0.556. The summed E-state index contributed by atoms with van der Waals surface area (Å²) in [5.41, 5.74) is -0.439. The van der Waals surface area contributed by atoms with Crippen LogP contribution in [0.1, 0.15) is 42.7 Å². The SMILES string of the molecule is O=C(O)C1CCN(C(=O)NC2CCCC2c2ccccc2C(F)(F)F)C1. The van der Waals surface area contributed by atoms with Gasteiger partial charge < -0.3 is 15.3 Å². The molecule has 0 radical (unpaired) electrons. The molecule has 2 N–H and O–H groups in total. The molecule has 2 amide bonds. The molecular formula is C18H21F3N2O3. The lowest BCUT2D eigenvalue weighted by molar-refractivity contribution is -0.141. The molecule has 1 aromatic rings. The second kappa shape index (κ2) is 7.17. The molecule has 142 valence electrons. The fourth-order valence-corrected chi connectivity index (χ4v) is 3.98. The number of benzene rings is 1. The molecule has 5 nitrogen and oxygen atoms in total. The van der Waals surface area contributed by atoms with Crippen LogP contribution in [0.25, 0.3) is 0 Å². The second-order valence-corrected chi connectivity index (χ2v) is 6.95. The van der Waals surface area contributed by atoms with E-state index in [2.05, 4.69) is 5.32 Å². The number of hydrogen-bond donors (Lipinski definition) is 2. The summed E-state index contributed by atoms with van der Waals surface area (Å²) in [4.78, 5) is 24.9. The highest BCUT2D eigenvalue weighted by Crippen LogP contribution is 2.41. The van der Waals surface area contributed by atoms with E-state index in [0.717, 1.165) is 12.5 Å². The Kier molecular flexibility index (Phi) is 5.11. The van der Waals surface area contributed by atoms with Gasteiger partial charge in [0, 0.05) is 25.0 Å². The first-order valence-corrected chi connectivity index (χ1v) is 8.71. The van der Waals surface area contributed by atoms with Gasteiger partial charge in [0.15, 0.2) is 0 Å². The Morgan fingerprint density at radius 2 is 1.88 bits per heavy atom. The molecule has 1 heterocycles. The molecule has 8 heteroatoms. The van der Waals surface area contributed by atoms with Gasteiger partial charge in [-0.15, -0.1) is 0 Å². The number of carboxylic acids is 1. The topological polar surface area (TPSA) is 69.6 Å². The lowest BCUT2D eigenvalue weighted by Gasteiger charge is -2.26. The van der Waals surface area contributed by atoms with E-state index in [1.54, 1.807) is 6.07 Å². The van der Waals surface area contributed by atoms with Crippen molar-refractivity contribution in [2.75, 3.05) is 13.1 Å². The number of nitrogens with one attached hydrogen (secondary N) is 1. The Balaban J connectivity index is 1.72. The standard InChI is InChI=1S/C18H21F3N2O3/c19-18(20,21)14-6-2-1-4-12(14)13-5-3-7-15(13)22-17(26)23-9-8-11(10-23)16(24)25/h1-2,4,6,11,13,15H,3,5,7-10H2,(H,22,26)(H,24,25). The number of halogens is 3. The Bertz CT molecular complexity index is 693. The van der Waals surface area contributed by atoms with Crippen molar-refractivity contribution in [2.45, 2.75) is 43.8 Å². The van der Waals surface area contributed by atoms with Gasteiger partial charge in [0.1, 0.15) is 0 Å².